The van der Waals surface area contributed by atoms with E-state index >= 15 is 0 Å². The maximum absolute atomic E-state index is 13.0. The van der Waals surface area contributed by atoms with Crippen LogP contribution in [0.4, 0.5) is 5.69 Å². The summed E-state index contributed by atoms with van der Waals surface area (Å²) >= 11 is 6.18. The fraction of sp³-hybridized carbons (Fsp3) is 0.273. The summed E-state index contributed by atoms with van der Waals surface area (Å²) in [5.41, 5.74) is 2.88. The Bertz CT molecular complexity index is 1200. The molecule has 0 bridgehead atoms. The lowest BCUT2D eigenvalue weighted by molar-refractivity contribution is 0.102. The summed E-state index contributed by atoms with van der Waals surface area (Å²) in [6, 6.07) is 14.0. The molecule has 0 saturated heterocycles. The fourth-order valence-electron chi connectivity index (χ4n) is 3.47. The van der Waals surface area contributed by atoms with Crippen LogP contribution in [-0.2, 0) is 10.0 Å². The number of nitrogens with zero attached hydrogens (tertiary/aromatic N) is 3. The number of aromatic nitrogens is 2. The quantitative estimate of drug-likeness (QED) is 0.565. The van der Waals surface area contributed by atoms with Gasteiger partial charge >= 0.3 is 0 Å². The van der Waals surface area contributed by atoms with Crippen LogP contribution < -0.4 is 5.32 Å². The van der Waals surface area contributed by atoms with Crippen molar-refractivity contribution in [3.8, 4) is 5.69 Å². The van der Waals surface area contributed by atoms with Crippen molar-refractivity contribution in [3.05, 3.63) is 70.5 Å². The number of halogens is 1. The van der Waals surface area contributed by atoms with E-state index in [4.69, 9.17) is 11.6 Å². The summed E-state index contributed by atoms with van der Waals surface area (Å²) < 4.78 is 28.8. The number of para-hydroxylation sites is 1. The van der Waals surface area contributed by atoms with Crippen LogP contribution >= 0.6 is 11.6 Å². The SMILES string of the molecule is CCN(CC)S(=O)(=O)c1cc(NC(=O)c2c(C)nn(-c3ccccc3)c2C)ccc1Cl. The Morgan fingerprint density at radius 2 is 1.74 bits per heavy atom. The normalized spacial score (nSPS) is 11.7. The van der Waals surface area contributed by atoms with Gasteiger partial charge in [-0.15, -0.1) is 0 Å². The molecular weight excluding hydrogens is 436 g/mol. The van der Waals surface area contributed by atoms with Crippen molar-refractivity contribution in [2.75, 3.05) is 18.4 Å². The van der Waals surface area contributed by atoms with E-state index in [9.17, 15) is 13.2 Å². The van der Waals surface area contributed by atoms with E-state index in [1.54, 1.807) is 31.5 Å². The van der Waals surface area contributed by atoms with Crippen molar-refractivity contribution in [1.29, 1.82) is 0 Å². The monoisotopic (exact) mass is 460 g/mol. The number of hydrogen-bond acceptors (Lipinski definition) is 4. The van der Waals surface area contributed by atoms with Crippen molar-refractivity contribution in [1.82, 2.24) is 14.1 Å². The van der Waals surface area contributed by atoms with Gasteiger partial charge in [-0.2, -0.15) is 9.40 Å². The number of nitrogens with one attached hydrogen (secondary N) is 1. The van der Waals surface area contributed by atoms with Gasteiger partial charge in [0.1, 0.15) is 4.90 Å². The third-order valence-corrected chi connectivity index (χ3v) is 7.56. The molecule has 0 aliphatic heterocycles. The maximum Gasteiger partial charge on any atom is 0.259 e. The zero-order chi connectivity index (χ0) is 22.8. The number of aryl methyl sites for hydroxylation is 1. The van der Waals surface area contributed by atoms with E-state index in [0.717, 1.165) is 5.69 Å². The van der Waals surface area contributed by atoms with Gasteiger partial charge in [0.15, 0.2) is 0 Å². The zero-order valence-electron chi connectivity index (χ0n) is 17.9. The van der Waals surface area contributed by atoms with Crippen molar-refractivity contribution < 1.29 is 13.2 Å². The molecule has 3 rings (SSSR count). The molecule has 0 atom stereocenters. The minimum absolute atomic E-state index is 0.0379. The van der Waals surface area contributed by atoms with E-state index in [1.807, 2.05) is 37.3 Å². The molecule has 2 aromatic carbocycles. The highest BCUT2D eigenvalue weighted by atomic mass is 35.5. The molecule has 0 fully saturated rings. The van der Waals surface area contributed by atoms with E-state index in [2.05, 4.69) is 10.4 Å². The van der Waals surface area contributed by atoms with E-state index in [-0.39, 0.29) is 15.8 Å². The molecule has 1 amide bonds. The summed E-state index contributed by atoms with van der Waals surface area (Å²) in [5, 5.41) is 7.38. The van der Waals surface area contributed by atoms with Crippen molar-refractivity contribution in [2.45, 2.75) is 32.6 Å². The molecule has 0 spiro atoms. The number of amides is 1. The molecule has 31 heavy (non-hydrogen) atoms. The van der Waals surface area contributed by atoms with Crippen LogP contribution in [0, 0.1) is 13.8 Å². The van der Waals surface area contributed by atoms with Gasteiger partial charge in [-0.1, -0.05) is 43.6 Å². The zero-order valence-corrected chi connectivity index (χ0v) is 19.5. The topological polar surface area (TPSA) is 84.3 Å². The minimum Gasteiger partial charge on any atom is -0.322 e. The largest absolute Gasteiger partial charge is 0.322 e. The highest BCUT2D eigenvalue weighted by molar-refractivity contribution is 7.89. The summed E-state index contributed by atoms with van der Waals surface area (Å²) in [6.45, 7) is 7.75. The van der Waals surface area contributed by atoms with Gasteiger partial charge in [-0.05, 0) is 44.2 Å². The molecule has 164 valence electrons. The second-order valence-electron chi connectivity index (χ2n) is 6.98. The molecule has 0 aliphatic carbocycles. The molecule has 1 heterocycles. The fourth-order valence-corrected chi connectivity index (χ4v) is 5.43. The molecule has 1 aromatic heterocycles. The van der Waals surface area contributed by atoms with Gasteiger partial charge in [-0.25, -0.2) is 13.1 Å². The lowest BCUT2D eigenvalue weighted by Gasteiger charge is -2.19. The number of anilines is 1. The number of carbonyl (C=O) groups is 1. The van der Waals surface area contributed by atoms with Crippen LogP contribution in [0.25, 0.3) is 5.69 Å². The van der Waals surface area contributed by atoms with Crippen molar-refractivity contribution >= 4 is 33.2 Å². The van der Waals surface area contributed by atoms with Crippen molar-refractivity contribution in [3.63, 3.8) is 0 Å². The summed E-state index contributed by atoms with van der Waals surface area (Å²) in [7, 11) is -3.77. The predicted octanol–water partition coefficient (Wildman–Crippen LogP) is 4.43. The Kier molecular flexibility index (Phi) is 6.83. The van der Waals surface area contributed by atoms with Crippen molar-refractivity contribution in [2.24, 2.45) is 0 Å². The first kappa shape index (κ1) is 23.0. The highest BCUT2D eigenvalue weighted by Crippen LogP contribution is 2.28. The Labute approximate surface area is 187 Å². The Hall–Kier alpha value is -2.68. The minimum atomic E-state index is -3.77. The summed E-state index contributed by atoms with van der Waals surface area (Å²) in [6.07, 6.45) is 0. The summed E-state index contributed by atoms with van der Waals surface area (Å²) in [4.78, 5) is 13.0. The standard InChI is InChI=1S/C22H25ClN4O3S/c1-5-26(6-2)31(29,30)20-14-17(12-13-19(20)23)24-22(28)21-15(3)25-27(16(21)4)18-10-8-7-9-11-18/h7-14H,5-6H2,1-4H3,(H,24,28). The smallest absolute Gasteiger partial charge is 0.259 e. The van der Waals surface area contributed by atoms with Crippen LogP contribution in [0.5, 0.6) is 0 Å². The molecule has 3 aromatic rings. The van der Waals surface area contributed by atoms with Gasteiger partial charge in [0.25, 0.3) is 5.91 Å². The predicted molar refractivity (Wildman–Crippen MR) is 123 cm³/mol. The van der Waals surface area contributed by atoms with Gasteiger partial charge in [0, 0.05) is 18.8 Å². The second-order valence-corrected chi connectivity index (χ2v) is 9.30. The number of benzene rings is 2. The van der Waals surface area contributed by atoms with Crippen LogP contribution in [-0.4, -0.2) is 41.5 Å². The average Bonchev–Trinajstić information content (AvgIpc) is 3.04. The molecule has 1 N–H and O–H groups in total. The van der Waals surface area contributed by atoms with Gasteiger partial charge in [-0.3, -0.25) is 4.79 Å². The summed E-state index contributed by atoms with van der Waals surface area (Å²) in [5.74, 6) is -0.370. The molecule has 7 nitrogen and oxygen atoms in total. The molecule has 9 heteroatoms. The first-order valence-electron chi connectivity index (χ1n) is 9.93. The van der Waals surface area contributed by atoms with Crippen LogP contribution in [0.1, 0.15) is 35.6 Å². The molecular formula is C22H25ClN4O3S. The number of sulfonamides is 1. The van der Waals surface area contributed by atoms with Crippen LogP contribution in [0.15, 0.2) is 53.4 Å². The Morgan fingerprint density at radius 1 is 1.10 bits per heavy atom. The van der Waals surface area contributed by atoms with E-state index in [0.29, 0.717) is 35.7 Å². The molecule has 0 radical (unpaired) electrons. The number of carbonyl (C=O) groups excluding carboxylic acids is 1. The number of hydrogen-bond donors (Lipinski definition) is 1. The third-order valence-electron chi connectivity index (χ3n) is 5.03. The van der Waals surface area contributed by atoms with Gasteiger partial charge in [0.05, 0.1) is 27.7 Å². The van der Waals surface area contributed by atoms with E-state index in [1.165, 1.54) is 16.4 Å². The first-order valence-corrected chi connectivity index (χ1v) is 11.7. The van der Waals surface area contributed by atoms with Gasteiger partial charge in [0.2, 0.25) is 10.0 Å². The third kappa shape index (κ3) is 4.51. The lowest BCUT2D eigenvalue weighted by Crippen LogP contribution is -2.30. The van der Waals surface area contributed by atoms with Gasteiger partial charge < -0.3 is 5.32 Å². The van der Waals surface area contributed by atoms with Crippen LogP contribution in [0.3, 0.4) is 0 Å². The van der Waals surface area contributed by atoms with Crippen LogP contribution in [0.2, 0.25) is 5.02 Å². The molecule has 0 saturated carbocycles. The molecule has 0 unspecified atom stereocenters. The lowest BCUT2D eigenvalue weighted by atomic mass is 10.1. The Morgan fingerprint density at radius 3 is 2.35 bits per heavy atom. The maximum atomic E-state index is 13.0. The second kappa shape index (κ2) is 9.21. The number of rotatable bonds is 7. The average molecular weight is 461 g/mol. The molecule has 0 aliphatic rings. The Balaban J connectivity index is 1.94. The first-order chi connectivity index (χ1) is 14.7. The van der Waals surface area contributed by atoms with E-state index < -0.39 is 10.0 Å². The highest BCUT2D eigenvalue weighted by Gasteiger charge is 2.26.